The van der Waals surface area contributed by atoms with Gasteiger partial charge in [0, 0.05) is 42.1 Å². The summed E-state index contributed by atoms with van der Waals surface area (Å²) < 4.78 is 5.36. The van der Waals surface area contributed by atoms with Gasteiger partial charge >= 0.3 is 5.97 Å². The lowest BCUT2D eigenvalue weighted by Gasteiger charge is -2.22. The molecule has 1 aromatic carbocycles. The Kier molecular flexibility index (Phi) is 6.46. The molecule has 1 aliphatic rings. The second kappa shape index (κ2) is 8.82. The van der Waals surface area contributed by atoms with Crippen LogP contribution in [0.2, 0.25) is 5.02 Å². The number of nitrogens with zero attached hydrogens (tertiary/aromatic N) is 2. The summed E-state index contributed by atoms with van der Waals surface area (Å²) in [6.07, 6.45) is 1.18. The number of carbonyl (C=O) groups excluding carboxylic acids is 1. The highest BCUT2D eigenvalue weighted by Crippen LogP contribution is 2.33. The maximum atomic E-state index is 12.9. The first-order valence-corrected chi connectivity index (χ1v) is 9.99. The van der Waals surface area contributed by atoms with Gasteiger partial charge in [0.25, 0.3) is 0 Å². The molecule has 6 nitrogen and oxygen atoms in total. The van der Waals surface area contributed by atoms with E-state index in [9.17, 15) is 14.7 Å². The third kappa shape index (κ3) is 4.86. The van der Waals surface area contributed by atoms with E-state index >= 15 is 0 Å². The van der Waals surface area contributed by atoms with Crippen molar-refractivity contribution in [1.82, 2.24) is 4.98 Å². The van der Waals surface area contributed by atoms with Crippen LogP contribution in [0.3, 0.4) is 0 Å². The number of halogens is 1. The van der Waals surface area contributed by atoms with Gasteiger partial charge < -0.3 is 9.84 Å². The number of anilines is 1. The molecule has 1 fully saturated rings. The van der Waals surface area contributed by atoms with Crippen LogP contribution in [-0.4, -0.2) is 42.2 Å². The summed E-state index contributed by atoms with van der Waals surface area (Å²) in [6, 6.07) is 7.38. The number of hydrogen-bond donors (Lipinski definition) is 1. The molecule has 1 aromatic heterocycles. The Hall–Kier alpha value is -1.96. The minimum atomic E-state index is -0.975. The summed E-state index contributed by atoms with van der Waals surface area (Å²) in [4.78, 5) is 30.2. The first-order chi connectivity index (χ1) is 13.0. The van der Waals surface area contributed by atoms with Gasteiger partial charge in [0.15, 0.2) is 5.13 Å². The molecule has 0 spiro atoms. The van der Waals surface area contributed by atoms with E-state index in [-0.39, 0.29) is 18.2 Å². The molecule has 1 aliphatic heterocycles. The molecular weight excluding hydrogens is 388 g/mol. The number of carboxylic acids is 1. The molecule has 3 rings (SSSR count). The van der Waals surface area contributed by atoms with Gasteiger partial charge in [-0.25, -0.2) is 4.98 Å². The zero-order chi connectivity index (χ0) is 19.4. The molecule has 2 heterocycles. The number of thiazole rings is 1. The van der Waals surface area contributed by atoms with Crippen LogP contribution in [-0.2, 0) is 14.3 Å². The number of carboxylic acid groups (broad SMARTS) is 1. The van der Waals surface area contributed by atoms with Gasteiger partial charge in [0.1, 0.15) is 0 Å². The van der Waals surface area contributed by atoms with Crippen LogP contribution in [0.5, 0.6) is 0 Å². The standard InChI is InChI=1S/C19H21ClN2O4S/c1-22(18(25)13(9-17(23)24)8-12-6-7-26-10-12)19-21-16(11-27-19)14-4-2-3-5-15(14)20/h2-5,11-13H,6-10H2,1H3,(H,23,24). The Labute approximate surface area is 166 Å². The Morgan fingerprint density at radius 2 is 2.22 bits per heavy atom. The van der Waals surface area contributed by atoms with Crippen molar-refractivity contribution in [3.8, 4) is 11.3 Å². The predicted molar refractivity (Wildman–Crippen MR) is 105 cm³/mol. The molecule has 1 amide bonds. The lowest BCUT2D eigenvalue weighted by atomic mass is 9.90. The van der Waals surface area contributed by atoms with E-state index in [4.69, 9.17) is 16.3 Å². The third-order valence-corrected chi connectivity index (χ3v) is 5.92. The van der Waals surface area contributed by atoms with E-state index in [1.165, 1.54) is 16.2 Å². The fourth-order valence-corrected chi connectivity index (χ4v) is 4.26. The highest BCUT2D eigenvalue weighted by atomic mass is 35.5. The van der Waals surface area contributed by atoms with E-state index in [1.807, 2.05) is 23.6 Å². The molecule has 1 N–H and O–H groups in total. The van der Waals surface area contributed by atoms with Crippen molar-refractivity contribution in [2.45, 2.75) is 19.3 Å². The van der Waals surface area contributed by atoms with E-state index in [0.717, 1.165) is 12.0 Å². The summed E-state index contributed by atoms with van der Waals surface area (Å²) in [7, 11) is 1.64. The van der Waals surface area contributed by atoms with Crippen molar-refractivity contribution < 1.29 is 19.4 Å². The lowest BCUT2D eigenvalue weighted by Crippen LogP contribution is -2.35. The van der Waals surface area contributed by atoms with E-state index in [1.54, 1.807) is 13.1 Å². The topological polar surface area (TPSA) is 79.7 Å². The van der Waals surface area contributed by atoms with Crippen molar-refractivity contribution in [3.63, 3.8) is 0 Å². The van der Waals surface area contributed by atoms with Gasteiger partial charge in [-0.3, -0.25) is 14.5 Å². The van der Waals surface area contributed by atoms with Crippen LogP contribution in [0.15, 0.2) is 29.6 Å². The monoisotopic (exact) mass is 408 g/mol. The smallest absolute Gasteiger partial charge is 0.304 e. The first-order valence-electron chi connectivity index (χ1n) is 8.73. The second-order valence-electron chi connectivity index (χ2n) is 6.65. The minimum absolute atomic E-state index is 0.192. The quantitative estimate of drug-likeness (QED) is 0.750. The van der Waals surface area contributed by atoms with Crippen molar-refractivity contribution in [2.75, 3.05) is 25.2 Å². The fourth-order valence-electron chi connectivity index (χ4n) is 3.23. The summed E-state index contributed by atoms with van der Waals surface area (Å²) in [6.45, 7) is 1.25. The van der Waals surface area contributed by atoms with Gasteiger partial charge in [-0.2, -0.15) is 0 Å². The maximum absolute atomic E-state index is 12.9. The molecule has 2 unspecified atom stereocenters. The summed E-state index contributed by atoms with van der Waals surface area (Å²) in [5, 5.41) is 12.2. The molecule has 8 heteroatoms. The van der Waals surface area contributed by atoms with Gasteiger partial charge in [-0.05, 0) is 24.8 Å². The molecule has 144 valence electrons. The molecule has 27 heavy (non-hydrogen) atoms. The molecule has 2 aromatic rings. The normalized spacial score (nSPS) is 17.6. The van der Waals surface area contributed by atoms with Crippen molar-refractivity contribution >= 4 is 39.9 Å². The molecule has 0 saturated carbocycles. The molecule has 0 radical (unpaired) electrons. The van der Waals surface area contributed by atoms with Crippen LogP contribution in [0.1, 0.15) is 19.3 Å². The average molecular weight is 409 g/mol. The van der Waals surface area contributed by atoms with Gasteiger partial charge in [0.05, 0.1) is 12.1 Å². The van der Waals surface area contributed by atoms with Crippen LogP contribution < -0.4 is 4.90 Å². The lowest BCUT2D eigenvalue weighted by molar-refractivity contribution is -0.140. The molecule has 2 atom stereocenters. The van der Waals surface area contributed by atoms with Crippen LogP contribution in [0.25, 0.3) is 11.3 Å². The maximum Gasteiger partial charge on any atom is 0.304 e. The van der Waals surface area contributed by atoms with Crippen LogP contribution >= 0.6 is 22.9 Å². The first kappa shape index (κ1) is 19.8. The van der Waals surface area contributed by atoms with Crippen molar-refractivity contribution in [2.24, 2.45) is 11.8 Å². The number of carbonyl (C=O) groups is 2. The number of aromatic nitrogens is 1. The van der Waals surface area contributed by atoms with Crippen molar-refractivity contribution in [3.05, 3.63) is 34.7 Å². The zero-order valence-corrected chi connectivity index (χ0v) is 16.5. The average Bonchev–Trinajstić information content (AvgIpc) is 3.32. The second-order valence-corrected chi connectivity index (χ2v) is 7.90. The number of ether oxygens (including phenoxy) is 1. The SMILES string of the molecule is CN(C(=O)C(CC(=O)O)CC1CCOC1)c1nc(-c2ccccc2Cl)cs1. The minimum Gasteiger partial charge on any atom is -0.481 e. The predicted octanol–water partition coefficient (Wildman–Crippen LogP) is 3.94. The zero-order valence-electron chi connectivity index (χ0n) is 14.9. The Balaban J connectivity index is 1.76. The molecule has 0 aliphatic carbocycles. The largest absolute Gasteiger partial charge is 0.481 e. The Bertz CT molecular complexity index is 820. The number of benzene rings is 1. The Morgan fingerprint density at radius 3 is 2.89 bits per heavy atom. The van der Waals surface area contributed by atoms with Gasteiger partial charge in [0.2, 0.25) is 5.91 Å². The van der Waals surface area contributed by atoms with E-state index in [0.29, 0.717) is 35.5 Å². The summed E-state index contributed by atoms with van der Waals surface area (Å²) in [5.41, 5.74) is 1.49. The molecule has 0 bridgehead atoms. The fraction of sp³-hybridized carbons (Fsp3) is 0.421. The molecule has 1 saturated heterocycles. The summed E-state index contributed by atoms with van der Waals surface area (Å²) in [5.74, 6) is -1.57. The summed E-state index contributed by atoms with van der Waals surface area (Å²) >= 11 is 7.55. The Morgan fingerprint density at radius 1 is 1.44 bits per heavy atom. The highest BCUT2D eigenvalue weighted by Gasteiger charge is 2.31. The number of hydrogen-bond acceptors (Lipinski definition) is 5. The van der Waals surface area contributed by atoms with Gasteiger partial charge in [-0.1, -0.05) is 29.8 Å². The van der Waals surface area contributed by atoms with Crippen LogP contribution in [0, 0.1) is 11.8 Å². The van der Waals surface area contributed by atoms with E-state index < -0.39 is 11.9 Å². The van der Waals surface area contributed by atoms with Gasteiger partial charge in [-0.15, -0.1) is 11.3 Å². The highest BCUT2D eigenvalue weighted by molar-refractivity contribution is 7.14. The van der Waals surface area contributed by atoms with Crippen LogP contribution in [0.4, 0.5) is 5.13 Å². The number of aliphatic carboxylic acids is 1. The number of rotatable bonds is 7. The molecular formula is C19H21ClN2O4S. The third-order valence-electron chi connectivity index (χ3n) is 4.67. The van der Waals surface area contributed by atoms with E-state index in [2.05, 4.69) is 4.98 Å². The van der Waals surface area contributed by atoms with Crippen molar-refractivity contribution in [1.29, 1.82) is 0 Å². The number of amides is 1.